The fraction of sp³-hybridized carbons (Fsp3) is 0.500. The van der Waals surface area contributed by atoms with Gasteiger partial charge in [0.25, 0.3) is 0 Å². The van der Waals surface area contributed by atoms with Crippen molar-refractivity contribution in [3.8, 4) is 0 Å². The third-order valence-corrected chi connectivity index (χ3v) is 13.5. The van der Waals surface area contributed by atoms with Crippen LogP contribution in [-0.4, -0.2) is 191 Å². The molecule has 0 saturated carbocycles. The van der Waals surface area contributed by atoms with E-state index >= 15 is 0 Å². The number of nitrogens with zero attached hydrogens (tertiary/aromatic N) is 4. The van der Waals surface area contributed by atoms with Crippen LogP contribution >= 0.6 is 0 Å². The van der Waals surface area contributed by atoms with Gasteiger partial charge in [0.1, 0.15) is 48.3 Å². The molecule has 3 saturated heterocycles. The average Bonchev–Trinajstić information content (AvgIpc) is 4.34. The summed E-state index contributed by atoms with van der Waals surface area (Å²) >= 11 is 0. The molecule has 2 aromatic rings. The van der Waals surface area contributed by atoms with Gasteiger partial charge in [-0.05, 0) is 62.5 Å². The standard InChI is InChI=1S/C52H72N16O14/c53-51(54)57-19-7-15-31-43(75)60-28-40(70)62-34(26-42(73)74)46(78)66-36(24-30-13-5-2-6-14-30)50(82)68-22-10-18-38(68)48(80)64-32(16-8-20-58-52(55)56)44(76)59-27-39(69)61-33(25-41(71)72)45(77)65-35(23-29-11-3-1-4-12-29)49(81)67-21-9-17-37(67)47(79)63-31/h1-6,11-14,31-38H,7-10,15-28H2,(H,59,76)(H,60,75)(H,61,69)(H,62,70)(H,63,79)(H,64,80)(H,65,77)(H,66,78)(H,71,72)(H,73,74)(H4,53,54,57)(H4,55,56,58)/t31-,32-,33-,34-,35+,36+,37-,38-/m0/s1. The maximum absolute atomic E-state index is 14.6. The second-order valence-electron chi connectivity index (χ2n) is 19.8. The number of hydrogen-bond acceptors (Lipinski definition) is 14. The summed E-state index contributed by atoms with van der Waals surface area (Å²) in [6.45, 7) is -1.71. The van der Waals surface area contributed by atoms with Crippen LogP contribution in [0.1, 0.15) is 75.3 Å². The molecule has 3 aliphatic rings. The molecule has 3 aliphatic heterocycles. The molecule has 30 heteroatoms. The van der Waals surface area contributed by atoms with Crippen molar-refractivity contribution in [3.63, 3.8) is 0 Å². The third kappa shape index (κ3) is 20.1. The predicted molar refractivity (Wildman–Crippen MR) is 292 cm³/mol. The van der Waals surface area contributed by atoms with Crippen molar-refractivity contribution in [3.05, 3.63) is 71.8 Å². The largest absolute Gasteiger partial charge is 0.481 e. The quantitative estimate of drug-likeness (QED) is 0.0424. The molecule has 3 heterocycles. The van der Waals surface area contributed by atoms with E-state index in [4.69, 9.17) is 22.9 Å². The minimum atomic E-state index is -1.83. The molecule has 0 bridgehead atoms. The Balaban J connectivity index is 1.52. The van der Waals surface area contributed by atoms with Crippen LogP contribution in [-0.2, 0) is 70.4 Å². The minimum Gasteiger partial charge on any atom is -0.481 e. The number of benzene rings is 2. The normalized spacial score (nSPS) is 24.1. The van der Waals surface area contributed by atoms with Crippen molar-refractivity contribution in [2.24, 2.45) is 32.9 Å². The number of aliphatic imine (C=N–C) groups is 2. The number of hydrogen-bond donors (Lipinski definition) is 14. The summed E-state index contributed by atoms with van der Waals surface area (Å²) in [5.74, 6) is -12.9. The second-order valence-corrected chi connectivity index (χ2v) is 19.8. The number of carboxylic acid groups (broad SMARTS) is 2. The van der Waals surface area contributed by atoms with Crippen molar-refractivity contribution in [1.82, 2.24) is 52.3 Å². The Morgan fingerprint density at radius 3 is 1.17 bits per heavy atom. The predicted octanol–water partition coefficient (Wildman–Crippen LogP) is -5.33. The van der Waals surface area contributed by atoms with Gasteiger partial charge in [0.2, 0.25) is 59.1 Å². The number of guanidine groups is 2. The number of nitrogens with one attached hydrogen (secondary N) is 8. The number of amides is 10. The second kappa shape index (κ2) is 31.4. The molecule has 0 spiro atoms. The number of fused-ring (bicyclic) bond motifs is 2. The first-order valence-electron chi connectivity index (χ1n) is 26.7. The Bertz CT molecular complexity index is 2520. The smallest absolute Gasteiger partial charge is 0.305 e. The Labute approximate surface area is 471 Å². The van der Waals surface area contributed by atoms with E-state index in [2.05, 4.69) is 52.5 Å². The summed E-state index contributed by atoms with van der Waals surface area (Å²) in [7, 11) is 0. The molecule has 30 nitrogen and oxygen atoms in total. The van der Waals surface area contributed by atoms with Gasteiger partial charge in [-0.1, -0.05) is 60.7 Å². The van der Waals surface area contributed by atoms with Crippen LogP contribution in [0.15, 0.2) is 70.6 Å². The highest BCUT2D eigenvalue weighted by molar-refractivity contribution is 6.00. The maximum Gasteiger partial charge on any atom is 0.305 e. The molecule has 0 radical (unpaired) electrons. The molecule has 0 aromatic heterocycles. The van der Waals surface area contributed by atoms with Crippen LogP contribution in [0.4, 0.5) is 0 Å². The van der Waals surface area contributed by atoms with Gasteiger partial charge in [0.15, 0.2) is 11.9 Å². The third-order valence-electron chi connectivity index (χ3n) is 13.5. The lowest BCUT2D eigenvalue weighted by atomic mass is 10.0. The summed E-state index contributed by atoms with van der Waals surface area (Å²) in [5.41, 5.74) is 23.0. The number of carbonyl (C=O) groups is 12. The van der Waals surface area contributed by atoms with E-state index in [0.29, 0.717) is 11.1 Å². The fourth-order valence-corrected chi connectivity index (χ4v) is 9.57. The van der Waals surface area contributed by atoms with Crippen LogP contribution in [0.5, 0.6) is 0 Å². The van der Waals surface area contributed by atoms with E-state index in [-0.39, 0.29) is 102 Å². The molecule has 8 atom stereocenters. The van der Waals surface area contributed by atoms with Gasteiger partial charge in [-0.15, -0.1) is 0 Å². The zero-order valence-corrected chi connectivity index (χ0v) is 45.0. The number of aliphatic carboxylic acids is 2. The number of nitrogens with two attached hydrogens (primary N) is 4. The maximum atomic E-state index is 14.6. The van der Waals surface area contributed by atoms with Gasteiger partial charge in [-0.3, -0.25) is 67.5 Å². The van der Waals surface area contributed by atoms with E-state index < -0.39 is 145 Å². The van der Waals surface area contributed by atoms with E-state index in [1.54, 1.807) is 60.7 Å². The first kappa shape index (κ1) is 63.5. The highest BCUT2D eigenvalue weighted by Crippen LogP contribution is 2.23. The van der Waals surface area contributed by atoms with Crippen LogP contribution in [0.25, 0.3) is 0 Å². The molecule has 0 unspecified atom stereocenters. The molecule has 5 rings (SSSR count). The molecule has 18 N–H and O–H groups in total. The molecule has 82 heavy (non-hydrogen) atoms. The lowest BCUT2D eigenvalue weighted by molar-refractivity contribution is -0.144. The summed E-state index contributed by atoms with van der Waals surface area (Å²) in [6, 6.07) is 4.85. The van der Waals surface area contributed by atoms with Crippen molar-refractivity contribution in [2.45, 2.75) is 125 Å². The summed E-state index contributed by atoms with van der Waals surface area (Å²) < 4.78 is 0. The van der Waals surface area contributed by atoms with E-state index in [1.807, 2.05) is 0 Å². The number of carboxylic acids is 2. The van der Waals surface area contributed by atoms with Crippen molar-refractivity contribution < 1.29 is 67.7 Å². The number of carbonyl (C=O) groups excluding carboxylic acids is 10. The molecule has 444 valence electrons. The highest BCUT2D eigenvalue weighted by atomic mass is 16.4. The van der Waals surface area contributed by atoms with Gasteiger partial charge in [-0.2, -0.15) is 0 Å². The molecular formula is C52H72N16O14. The molecular weight excluding hydrogens is 1070 g/mol. The molecule has 0 aliphatic carbocycles. The van der Waals surface area contributed by atoms with Gasteiger partial charge >= 0.3 is 11.9 Å². The van der Waals surface area contributed by atoms with Crippen LogP contribution in [0.2, 0.25) is 0 Å². The van der Waals surface area contributed by atoms with Gasteiger partial charge in [0, 0.05) is 39.0 Å². The van der Waals surface area contributed by atoms with Gasteiger partial charge in [-0.25, -0.2) is 0 Å². The lowest BCUT2D eigenvalue weighted by Crippen LogP contribution is -2.60. The van der Waals surface area contributed by atoms with Crippen molar-refractivity contribution in [2.75, 3.05) is 39.3 Å². The Morgan fingerprint density at radius 1 is 0.476 bits per heavy atom. The Hall–Kier alpha value is -9.38. The Kier molecular flexibility index (Phi) is 24.3. The van der Waals surface area contributed by atoms with Gasteiger partial charge in [0.05, 0.1) is 25.9 Å². The average molecular weight is 1150 g/mol. The SMILES string of the molecule is NC(N)=NCCC[C@@H]1NC(=O)[C@@H]2CCCN2C(=O)[C@@H](Cc2ccccc2)NC(=O)[C@H](CC(=O)O)NC(=O)CNC(=O)[C@H](CCCN=C(N)N)NC(=O)[C@@H]2CCCN2C(=O)[C@@H](Cc2ccccc2)NC(=O)[C@H](CC(=O)O)NC(=O)CNC1=O. The minimum absolute atomic E-state index is 0.00392. The first-order chi connectivity index (χ1) is 39.1. The number of rotatable bonds is 16. The Morgan fingerprint density at radius 2 is 0.829 bits per heavy atom. The van der Waals surface area contributed by atoms with E-state index in [0.717, 1.165) is 0 Å². The van der Waals surface area contributed by atoms with E-state index in [1.165, 1.54) is 9.80 Å². The highest BCUT2D eigenvalue weighted by Gasteiger charge is 2.42. The lowest BCUT2D eigenvalue weighted by Gasteiger charge is -2.31. The first-order valence-corrected chi connectivity index (χ1v) is 26.7. The van der Waals surface area contributed by atoms with Crippen LogP contribution in [0.3, 0.4) is 0 Å². The molecule has 10 amide bonds. The zero-order chi connectivity index (χ0) is 59.9. The molecule has 2 aromatic carbocycles. The van der Waals surface area contributed by atoms with Crippen LogP contribution < -0.4 is 65.5 Å². The monoisotopic (exact) mass is 1140 g/mol. The van der Waals surface area contributed by atoms with Crippen LogP contribution in [0, 0.1) is 0 Å². The van der Waals surface area contributed by atoms with E-state index in [9.17, 15) is 67.7 Å². The molecule has 3 fully saturated rings. The fourth-order valence-electron chi connectivity index (χ4n) is 9.57. The summed E-state index contributed by atoms with van der Waals surface area (Å²) in [5, 5.41) is 39.4. The van der Waals surface area contributed by atoms with Gasteiger partial charge < -0.3 is 85.5 Å². The van der Waals surface area contributed by atoms with Crippen molar-refractivity contribution >= 4 is 82.9 Å². The summed E-state index contributed by atoms with van der Waals surface area (Å²) in [6.07, 6.45) is -1.61. The summed E-state index contributed by atoms with van der Waals surface area (Å²) in [4.78, 5) is 175. The topological polar surface area (TPSA) is 477 Å². The van der Waals surface area contributed by atoms with Crippen molar-refractivity contribution in [1.29, 1.82) is 0 Å². The zero-order valence-electron chi connectivity index (χ0n) is 45.0.